The van der Waals surface area contributed by atoms with Crippen LogP contribution in [0.2, 0.25) is 0 Å². The Morgan fingerprint density at radius 1 is 1.21 bits per heavy atom. The van der Waals surface area contributed by atoms with E-state index in [1.165, 1.54) is 10.9 Å². The van der Waals surface area contributed by atoms with Gasteiger partial charge in [0.25, 0.3) is 0 Å². The average Bonchev–Trinajstić information content (AvgIpc) is 2.84. The molecule has 3 nitrogen and oxygen atoms in total. The number of hydrogen-bond acceptors (Lipinski definition) is 4. The number of hydrogen-bond donors (Lipinski definition) is 1. The molecule has 0 aliphatic rings. The molecule has 0 bridgehead atoms. The number of rotatable bonds is 4. The van der Waals surface area contributed by atoms with Crippen LogP contribution in [-0.2, 0) is 13.1 Å². The molecule has 0 unspecified atom stereocenters. The van der Waals surface area contributed by atoms with Crippen molar-refractivity contribution in [3.63, 3.8) is 0 Å². The molecule has 1 aromatic carbocycles. The van der Waals surface area contributed by atoms with Crippen molar-refractivity contribution in [1.82, 2.24) is 15.3 Å². The Hall–Kier alpha value is -1.78. The summed E-state index contributed by atoms with van der Waals surface area (Å²) in [7, 11) is 0. The van der Waals surface area contributed by atoms with Crippen molar-refractivity contribution in [1.29, 1.82) is 0 Å². The summed E-state index contributed by atoms with van der Waals surface area (Å²) in [5.74, 6) is 0. The second-order valence-electron chi connectivity index (χ2n) is 4.49. The Kier molecular flexibility index (Phi) is 3.53. The van der Waals surface area contributed by atoms with Gasteiger partial charge in [0.1, 0.15) is 0 Å². The Bertz CT molecular complexity index is 690. The van der Waals surface area contributed by atoms with Crippen molar-refractivity contribution in [3.05, 3.63) is 58.2 Å². The molecule has 0 spiro atoms. The molecule has 0 atom stereocenters. The molecule has 2 aromatic heterocycles. The summed E-state index contributed by atoms with van der Waals surface area (Å²) in [6.45, 7) is 3.70. The number of nitrogens with one attached hydrogen (secondary N) is 1. The van der Waals surface area contributed by atoms with E-state index in [0.717, 1.165) is 29.3 Å². The van der Waals surface area contributed by atoms with Crippen molar-refractivity contribution in [2.45, 2.75) is 20.0 Å². The summed E-state index contributed by atoms with van der Waals surface area (Å²) in [6.07, 6.45) is 1.82. The number of benzene rings is 1. The molecule has 0 aliphatic carbocycles. The van der Waals surface area contributed by atoms with Crippen LogP contribution in [0.1, 0.15) is 16.3 Å². The quantitative estimate of drug-likeness (QED) is 0.789. The lowest BCUT2D eigenvalue weighted by Crippen LogP contribution is -2.12. The average molecular weight is 269 g/mol. The highest BCUT2D eigenvalue weighted by Gasteiger charge is 1.99. The molecule has 3 rings (SSSR count). The van der Waals surface area contributed by atoms with Crippen LogP contribution < -0.4 is 5.32 Å². The molecule has 0 fully saturated rings. The fourth-order valence-electron chi connectivity index (χ4n) is 2.06. The molecule has 4 heteroatoms. The fourth-order valence-corrected chi connectivity index (χ4v) is 2.67. The van der Waals surface area contributed by atoms with Gasteiger partial charge >= 0.3 is 0 Å². The van der Waals surface area contributed by atoms with Gasteiger partial charge in [-0.05, 0) is 30.7 Å². The van der Waals surface area contributed by atoms with Crippen molar-refractivity contribution < 1.29 is 0 Å². The minimum atomic E-state index is 0.815. The van der Waals surface area contributed by atoms with Crippen molar-refractivity contribution in [2.24, 2.45) is 0 Å². The second kappa shape index (κ2) is 5.47. The fraction of sp³-hybridized carbons (Fsp3) is 0.200. The molecule has 0 aliphatic heterocycles. The van der Waals surface area contributed by atoms with Crippen LogP contribution in [0.3, 0.4) is 0 Å². The molecule has 96 valence electrons. The van der Waals surface area contributed by atoms with Crippen LogP contribution in [0, 0.1) is 6.92 Å². The van der Waals surface area contributed by atoms with Gasteiger partial charge in [0.15, 0.2) is 0 Å². The normalized spacial score (nSPS) is 11.0. The predicted octanol–water partition coefficient (Wildman–Crippen LogP) is 3.29. The molecule has 3 aromatic rings. The number of aryl methyl sites for hydroxylation is 1. The summed E-state index contributed by atoms with van der Waals surface area (Å²) in [6, 6.07) is 10.4. The Labute approximate surface area is 116 Å². The second-order valence-corrected chi connectivity index (χ2v) is 5.55. The maximum Gasteiger partial charge on any atom is 0.0897 e. The Morgan fingerprint density at radius 2 is 2.16 bits per heavy atom. The third-order valence-electron chi connectivity index (χ3n) is 2.97. The molecular formula is C15H15N3S. The summed E-state index contributed by atoms with van der Waals surface area (Å²) in [5, 5.41) is 7.83. The summed E-state index contributed by atoms with van der Waals surface area (Å²) < 4.78 is 0. The van der Waals surface area contributed by atoms with E-state index < -0.39 is 0 Å². The van der Waals surface area contributed by atoms with Gasteiger partial charge in [-0.3, -0.25) is 4.98 Å². The van der Waals surface area contributed by atoms with Crippen LogP contribution in [0.15, 0.2) is 41.9 Å². The number of thiazole rings is 1. The molecule has 0 amide bonds. The monoisotopic (exact) mass is 269 g/mol. The zero-order valence-corrected chi connectivity index (χ0v) is 11.6. The molecule has 19 heavy (non-hydrogen) atoms. The van der Waals surface area contributed by atoms with E-state index in [-0.39, 0.29) is 0 Å². The molecule has 0 saturated carbocycles. The molecular weight excluding hydrogens is 254 g/mol. The minimum absolute atomic E-state index is 0.815. The molecule has 0 radical (unpaired) electrons. The lowest BCUT2D eigenvalue weighted by Gasteiger charge is -2.04. The summed E-state index contributed by atoms with van der Waals surface area (Å²) in [5.41, 5.74) is 3.43. The van der Waals surface area contributed by atoms with Crippen molar-refractivity contribution in [2.75, 3.05) is 0 Å². The van der Waals surface area contributed by atoms with E-state index in [2.05, 4.69) is 44.9 Å². The van der Waals surface area contributed by atoms with Gasteiger partial charge in [-0.2, -0.15) is 0 Å². The lowest BCUT2D eigenvalue weighted by molar-refractivity contribution is 0.682. The maximum absolute atomic E-state index is 4.44. The molecule has 0 saturated heterocycles. The van der Waals surface area contributed by atoms with Gasteiger partial charge in [0.05, 0.1) is 16.2 Å². The highest BCUT2D eigenvalue weighted by molar-refractivity contribution is 7.09. The van der Waals surface area contributed by atoms with Crippen LogP contribution in [-0.4, -0.2) is 9.97 Å². The first-order valence-corrected chi connectivity index (χ1v) is 7.14. The van der Waals surface area contributed by atoms with Gasteiger partial charge in [-0.25, -0.2) is 4.98 Å². The molecule has 2 heterocycles. The first-order valence-electron chi connectivity index (χ1n) is 6.27. The van der Waals surface area contributed by atoms with E-state index in [0.29, 0.717) is 0 Å². The van der Waals surface area contributed by atoms with Crippen LogP contribution in [0.5, 0.6) is 0 Å². The predicted molar refractivity (Wildman–Crippen MR) is 79.1 cm³/mol. The zero-order chi connectivity index (χ0) is 13.1. The number of pyridine rings is 1. The van der Waals surface area contributed by atoms with Crippen molar-refractivity contribution in [3.8, 4) is 0 Å². The SMILES string of the molecule is Cc1nc(CNCc2ccc3ncccc3c2)cs1. The highest BCUT2D eigenvalue weighted by Crippen LogP contribution is 2.13. The highest BCUT2D eigenvalue weighted by atomic mass is 32.1. The van der Waals surface area contributed by atoms with Crippen LogP contribution in [0.25, 0.3) is 10.9 Å². The van der Waals surface area contributed by atoms with Crippen LogP contribution >= 0.6 is 11.3 Å². The van der Waals surface area contributed by atoms with Crippen molar-refractivity contribution >= 4 is 22.2 Å². The topological polar surface area (TPSA) is 37.8 Å². The minimum Gasteiger partial charge on any atom is -0.307 e. The first-order chi connectivity index (χ1) is 9.31. The van der Waals surface area contributed by atoms with Gasteiger partial charge in [0.2, 0.25) is 0 Å². The Balaban J connectivity index is 1.65. The smallest absolute Gasteiger partial charge is 0.0897 e. The largest absolute Gasteiger partial charge is 0.307 e. The van der Waals surface area contributed by atoms with E-state index in [9.17, 15) is 0 Å². The van der Waals surface area contributed by atoms with Gasteiger partial charge in [0, 0.05) is 30.1 Å². The summed E-state index contributed by atoms with van der Waals surface area (Å²) >= 11 is 1.69. The van der Waals surface area contributed by atoms with Gasteiger partial charge in [-0.15, -0.1) is 11.3 Å². The van der Waals surface area contributed by atoms with E-state index in [4.69, 9.17) is 0 Å². The number of fused-ring (bicyclic) bond motifs is 1. The third-order valence-corrected chi connectivity index (χ3v) is 3.79. The van der Waals surface area contributed by atoms with Gasteiger partial charge in [-0.1, -0.05) is 12.1 Å². The maximum atomic E-state index is 4.44. The standard InChI is InChI=1S/C15H15N3S/c1-11-18-14(10-19-11)9-16-8-12-4-5-15-13(7-12)3-2-6-17-15/h2-7,10,16H,8-9H2,1H3. The summed E-state index contributed by atoms with van der Waals surface area (Å²) in [4.78, 5) is 8.76. The van der Waals surface area contributed by atoms with Crippen LogP contribution in [0.4, 0.5) is 0 Å². The lowest BCUT2D eigenvalue weighted by atomic mass is 10.1. The first kappa shape index (κ1) is 12.3. The van der Waals surface area contributed by atoms with E-state index in [1.54, 1.807) is 11.3 Å². The number of aromatic nitrogens is 2. The Morgan fingerprint density at radius 3 is 3.00 bits per heavy atom. The van der Waals surface area contributed by atoms with E-state index in [1.807, 2.05) is 19.2 Å². The zero-order valence-electron chi connectivity index (χ0n) is 10.8. The number of nitrogens with zero attached hydrogens (tertiary/aromatic N) is 2. The van der Waals surface area contributed by atoms with Gasteiger partial charge < -0.3 is 5.32 Å². The molecule has 1 N–H and O–H groups in total. The van der Waals surface area contributed by atoms with E-state index >= 15 is 0 Å². The third kappa shape index (κ3) is 2.97.